The molecule has 0 aromatic heterocycles. The number of methoxy groups -OCH3 is 1. The lowest BCUT2D eigenvalue weighted by Crippen LogP contribution is -2.11. The average Bonchev–Trinajstić information content (AvgIpc) is 2.48. The van der Waals surface area contributed by atoms with E-state index in [0.29, 0.717) is 5.56 Å². The molecule has 0 aliphatic rings. The van der Waals surface area contributed by atoms with Gasteiger partial charge in [0, 0.05) is 11.3 Å². The van der Waals surface area contributed by atoms with E-state index in [0.717, 1.165) is 17.0 Å². The highest BCUT2D eigenvalue weighted by Gasteiger charge is 2.05. The number of carbonyl (C=O) groups is 1. The van der Waals surface area contributed by atoms with Gasteiger partial charge in [-0.15, -0.1) is 0 Å². The third-order valence-electron chi connectivity index (χ3n) is 2.76. The van der Waals surface area contributed by atoms with Gasteiger partial charge in [0.15, 0.2) is 0 Å². The molecule has 1 N–H and O–H groups in total. The maximum Gasteiger partial charge on any atom is 0.255 e. The van der Waals surface area contributed by atoms with Crippen molar-refractivity contribution in [2.75, 3.05) is 12.4 Å². The molecule has 0 aliphatic carbocycles. The summed E-state index contributed by atoms with van der Waals surface area (Å²) in [5.74, 6) is 0.584. The Kier molecular flexibility index (Phi) is 3.98. The van der Waals surface area contributed by atoms with E-state index in [1.54, 1.807) is 37.5 Å². The Hall–Kier alpha value is -2.55. The normalized spacial score (nSPS) is 9.74. The molecule has 0 fully saturated rings. The largest absolute Gasteiger partial charge is 0.497 e. The fourth-order valence-corrected chi connectivity index (χ4v) is 1.65. The zero-order chi connectivity index (χ0) is 13.7. The average molecular weight is 253 g/mol. The second kappa shape index (κ2) is 5.87. The molecule has 0 unspecified atom stereocenters. The third-order valence-corrected chi connectivity index (χ3v) is 2.76. The summed E-state index contributed by atoms with van der Waals surface area (Å²) in [7, 11) is 1.59. The van der Waals surface area contributed by atoms with Gasteiger partial charge >= 0.3 is 0 Å². The summed E-state index contributed by atoms with van der Waals surface area (Å²) in [6.45, 7) is 3.69. The minimum Gasteiger partial charge on any atom is -0.497 e. The molecule has 2 aromatic carbocycles. The Bertz CT molecular complexity index is 571. The molecule has 2 rings (SSSR count). The van der Waals surface area contributed by atoms with Crippen LogP contribution in [0.2, 0.25) is 0 Å². The van der Waals surface area contributed by atoms with Crippen LogP contribution >= 0.6 is 0 Å². The molecule has 1 amide bonds. The number of nitrogens with one attached hydrogen (secondary N) is 1. The van der Waals surface area contributed by atoms with Crippen LogP contribution in [0.15, 0.2) is 55.1 Å². The van der Waals surface area contributed by atoms with E-state index in [1.807, 2.05) is 24.3 Å². The van der Waals surface area contributed by atoms with Gasteiger partial charge in [0.1, 0.15) is 5.75 Å². The van der Waals surface area contributed by atoms with E-state index in [2.05, 4.69) is 11.9 Å². The van der Waals surface area contributed by atoms with Gasteiger partial charge in [0.05, 0.1) is 7.11 Å². The van der Waals surface area contributed by atoms with E-state index in [4.69, 9.17) is 4.74 Å². The van der Waals surface area contributed by atoms with Crippen molar-refractivity contribution in [3.63, 3.8) is 0 Å². The van der Waals surface area contributed by atoms with Crippen LogP contribution in [0.4, 0.5) is 5.69 Å². The number of hydrogen-bond donors (Lipinski definition) is 1. The van der Waals surface area contributed by atoms with Crippen molar-refractivity contribution in [1.82, 2.24) is 0 Å². The van der Waals surface area contributed by atoms with Crippen molar-refractivity contribution in [3.05, 3.63) is 66.2 Å². The lowest BCUT2D eigenvalue weighted by atomic mass is 10.2. The van der Waals surface area contributed by atoms with Crippen molar-refractivity contribution in [1.29, 1.82) is 0 Å². The van der Waals surface area contributed by atoms with Crippen LogP contribution in [0.3, 0.4) is 0 Å². The minimum atomic E-state index is -0.144. The maximum absolute atomic E-state index is 12.0. The van der Waals surface area contributed by atoms with Crippen LogP contribution in [0.25, 0.3) is 6.08 Å². The highest BCUT2D eigenvalue weighted by molar-refractivity contribution is 6.04. The van der Waals surface area contributed by atoms with E-state index < -0.39 is 0 Å². The van der Waals surface area contributed by atoms with Gasteiger partial charge in [-0.3, -0.25) is 4.79 Å². The predicted molar refractivity (Wildman–Crippen MR) is 77.5 cm³/mol. The van der Waals surface area contributed by atoms with Crippen LogP contribution in [-0.2, 0) is 0 Å². The fourth-order valence-electron chi connectivity index (χ4n) is 1.65. The van der Waals surface area contributed by atoms with Gasteiger partial charge in [-0.05, 0) is 42.0 Å². The Morgan fingerprint density at radius 1 is 1.11 bits per heavy atom. The molecule has 0 atom stereocenters. The van der Waals surface area contributed by atoms with Crippen molar-refractivity contribution < 1.29 is 9.53 Å². The quantitative estimate of drug-likeness (QED) is 0.904. The van der Waals surface area contributed by atoms with Gasteiger partial charge in [-0.25, -0.2) is 0 Å². The first-order valence-electron chi connectivity index (χ1n) is 5.91. The maximum atomic E-state index is 12.0. The molecular formula is C16H15NO2. The molecule has 0 bridgehead atoms. The van der Waals surface area contributed by atoms with Gasteiger partial charge in [0.25, 0.3) is 5.91 Å². The molecule has 0 heterocycles. The smallest absolute Gasteiger partial charge is 0.255 e. The van der Waals surface area contributed by atoms with Crippen molar-refractivity contribution >= 4 is 17.7 Å². The zero-order valence-corrected chi connectivity index (χ0v) is 10.7. The van der Waals surface area contributed by atoms with Crippen LogP contribution < -0.4 is 10.1 Å². The predicted octanol–water partition coefficient (Wildman–Crippen LogP) is 3.59. The SMILES string of the molecule is C=Cc1ccc(NC(=O)c2ccc(OC)cc2)cc1. The van der Waals surface area contributed by atoms with Gasteiger partial charge < -0.3 is 10.1 Å². The summed E-state index contributed by atoms with van der Waals surface area (Å²) in [5.41, 5.74) is 2.36. The summed E-state index contributed by atoms with van der Waals surface area (Å²) >= 11 is 0. The van der Waals surface area contributed by atoms with E-state index in [1.165, 1.54) is 0 Å². The first-order chi connectivity index (χ1) is 9.22. The number of carbonyl (C=O) groups excluding carboxylic acids is 1. The molecular weight excluding hydrogens is 238 g/mol. The standard InChI is InChI=1S/C16H15NO2/c1-3-12-4-8-14(9-5-12)17-16(18)13-6-10-15(19-2)11-7-13/h3-11H,1H2,2H3,(H,17,18). The van der Waals surface area contributed by atoms with Crippen LogP contribution in [0, 0.1) is 0 Å². The fraction of sp³-hybridized carbons (Fsp3) is 0.0625. The molecule has 2 aromatic rings. The first-order valence-corrected chi connectivity index (χ1v) is 5.91. The molecule has 0 aliphatic heterocycles. The van der Waals surface area contributed by atoms with Crippen molar-refractivity contribution in [3.8, 4) is 5.75 Å². The molecule has 3 nitrogen and oxygen atoms in total. The number of anilines is 1. The number of ether oxygens (including phenoxy) is 1. The van der Waals surface area contributed by atoms with Crippen molar-refractivity contribution in [2.45, 2.75) is 0 Å². The molecule has 3 heteroatoms. The summed E-state index contributed by atoms with van der Waals surface area (Å²) in [6.07, 6.45) is 1.76. The minimum absolute atomic E-state index is 0.144. The molecule has 96 valence electrons. The first kappa shape index (κ1) is 12.9. The number of hydrogen-bond acceptors (Lipinski definition) is 2. The Labute approximate surface area is 112 Å². The number of amides is 1. The lowest BCUT2D eigenvalue weighted by Gasteiger charge is -2.06. The topological polar surface area (TPSA) is 38.3 Å². The second-order valence-electron chi connectivity index (χ2n) is 4.01. The molecule has 0 radical (unpaired) electrons. The Morgan fingerprint density at radius 2 is 1.74 bits per heavy atom. The molecule has 0 spiro atoms. The van der Waals surface area contributed by atoms with E-state index in [-0.39, 0.29) is 5.91 Å². The number of rotatable bonds is 4. The summed E-state index contributed by atoms with van der Waals surface area (Å²) in [5, 5.41) is 2.83. The lowest BCUT2D eigenvalue weighted by molar-refractivity contribution is 0.102. The molecule has 0 saturated heterocycles. The van der Waals surface area contributed by atoms with E-state index >= 15 is 0 Å². The van der Waals surface area contributed by atoms with Gasteiger partial charge in [-0.2, -0.15) is 0 Å². The van der Waals surface area contributed by atoms with Crippen LogP contribution in [0.5, 0.6) is 5.75 Å². The highest BCUT2D eigenvalue weighted by Crippen LogP contribution is 2.14. The van der Waals surface area contributed by atoms with E-state index in [9.17, 15) is 4.79 Å². The molecule has 0 saturated carbocycles. The van der Waals surface area contributed by atoms with Crippen LogP contribution in [0.1, 0.15) is 15.9 Å². The second-order valence-corrected chi connectivity index (χ2v) is 4.01. The summed E-state index contributed by atoms with van der Waals surface area (Å²) < 4.78 is 5.05. The van der Waals surface area contributed by atoms with Crippen molar-refractivity contribution in [2.24, 2.45) is 0 Å². The zero-order valence-electron chi connectivity index (χ0n) is 10.7. The highest BCUT2D eigenvalue weighted by atomic mass is 16.5. The monoisotopic (exact) mass is 253 g/mol. The summed E-state index contributed by atoms with van der Waals surface area (Å²) in [6, 6.07) is 14.5. The van der Waals surface area contributed by atoms with Gasteiger partial charge in [0.2, 0.25) is 0 Å². The Morgan fingerprint density at radius 3 is 2.26 bits per heavy atom. The van der Waals surface area contributed by atoms with Gasteiger partial charge in [-0.1, -0.05) is 24.8 Å². The Balaban J connectivity index is 2.08. The number of benzene rings is 2. The van der Waals surface area contributed by atoms with Crippen LogP contribution in [-0.4, -0.2) is 13.0 Å². The summed E-state index contributed by atoms with van der Waals surface area (Å²) in [4.78, 5) is 12.0. The molecule has 19 heavy (non-hydrogen) atoms. The third kappa shape index (κ3) is 3.22.